The number of ether oxygens (including phenoxy) is 1. The molecule has 6 nitrogen and oxygen atoms in total. The number of rotatable bonds is 51. The monoisotopic (exact) mass is 874 g/mol. The Morgan fingerprint density at radius 3 is 1.15 bits per heavy atom. The second kappa shape index (κ2) is 52.0. The minimum atomic E-state index is -0.667. The summed E-state index contributed by atoms with van der Waals surface area (Å²) < 4.78 is 5.47. The van der Waals surface area contributed by atoms with E-state index in [9.17, 15) is 19.8 Å². The highest BCUT2D eigenvalue weighted by Crippen LogP contribution is 2.16. The van der Waals surface area contributed by atoms with Crippen molar-refractivity contribution in [1.82, 2.24) is 5.32 Å². The van der Waals surface area contributed by atoms with E-state index < -0.39 is 12.1 Å². The largest absolute Gasteiger partial charge is 0.466 e. The predicted molar refractivity (Wildman–Crippen MR) is 269 cm³/mol. The van der Waals surface area contributed by atoms with Crippen LogP contribution in [-0.4, -0.2) is 47.4 Å². The number of nitrogens with one attached hydrogen (secondary N) is 1. The standard InChI is InChI=1S/C56H107NO5/c1-3-5-7-9-11-13-15-16-27-30-34-38-42-46-50-56(61)62-51-47-43-39-35-31-28-25-23-21-19-17-18-20-22-24-26-29-33-37-41-45-49-55(60)57-53(52-58)54(59)48-44-40-36-32-14-12-10-8-6-4-2/h15-16,18,20,53-54,58-59H,3-14,17,19,21-52H2,1-2H3,(H,57,60)/b16-15-,20-18-. The summed E-state index contributed by atoms with van der Waals surface area (Å²) in [6.07, 6.45) is 61.7. The van der Waals surface area contributed by atoms with Crippen LogP contribution in [0.15, 0.2) is 24.3 Å². The first kappa shape index (κ1) is 60.3. The Balaban J connectivity index is 3.41. The quantitative estimate of drug-likeness (QED) is 0.0321. The smallest absolute Gasteiger partial charge is 0.305 e. The summed E-state index contributed by atoms with van der Waals surface area (Å²) in [5.41, 5.74) is 0. The van der Waals surface area contributed by atoms with E-state index in [4.69, 9.17) is 4.74 Å². The Labute approximate surface area is 386 Å². The van der Waals surface area contributed by atoms with Crippen molar-refractivity contribution in [2.24, 2.45) is 0 Å². The molecule has 0 aromatic heterocycles. The molecule has 3 N–H and O–H groups in total. The third-order valence-corrected chi connectivity index (χ3v) is 12.7. The molecule has 0 rings (SSSR count). The lowest BCUT2D eigenvalue weighted by atomic mass is 10.0. The maximum absolute atomic E-state index is 12.4. The van der Waals surface area contributed by atoms with Gasteiger partial charge in [-0.05, 0) is 77.0 Å². The fourth-order valence-electron chi connectivity index (χ4n) is 8.45. The average molecular weight is 874 g/mol. The van der Waals surface area contributed by atoms with E-state index in [2.05, 4.69) is 43.5 Å². The fourth-order valence-corrected chi connectivity index (χ4v) is 8.45. The minimum Gasteiger partial charge on any atom is -0.466 e. The molecule has 0 aromatic carbocycles. The lowest BCUT2D eigenvalue weighted by molar-refractivity contribution is -0.143. The van der Waals surface area contributed by atoms with Gasteiger partial charge in [0, 0.05) is 12.8 Å². The summed E-state index contributed by atoms with van der Waals surface area (Å²) in [5.74, 6) is -0.0450. The van der Waals surface area contributed by atoms with Crippen LogP contribution >= 0.6 is 0 Å². The van der Waals surface area contributed by atoms with Crippen molar-refractivity contribution in [3.8, 4) is 0 Å². The zero-order valence-corrected chi connectivity index (χ0v) is 41.6. The molecular weight excluding hydrogens is 767 g/mol. The number of unbranched alkanes of at least 4 members (excludes halogenated alkanes) is 36. The van der Waals surface area contributed by atoms with Crippen LogP contribution in [0.5, 0.6) is 0 Å². The molecule has 0 aliphatic carbocycles. The van der Waals surface area contributed by atoms with E-state index in [0.29, 0.717) is 25.9 Å². The van der Waals surface area contributed by atoms with Crippen LogP contribution in [0.3, 0.4) is 0 Å². The van der Waals surface area contributed by atoms with Gasteiger partial charge in [0.15, 0.2) is 0 Å². The number of carbonyl (C=O) groups excluding carboxylic acids is 2. The number of aliphatic hydroxyl groups is 2. The van der Waals surface area contributed by atoms with Gasteiger partial charge in [0.1, 0.15) is 0 Å². The van der Waals surface area contributed by atoms with Crippen molar-refractivity contribution >= 4 is 11.9 Å². The maximum Gasteiger partial charge on any atom is 0.305 e. The van der Waals surface area contributed by atoms with Crippen molar-refractivity contribution in [2.75, 3.05) is 13.2 Å². The Bertz CT molecular complexity index is 966. The van der Waals surface area contributed by atoms with Crippen LogP contribution < -0.4 is 5.32 Å². The van der Waals surface area contributed by atoms with Crippen molar-refractivity contribution < 1.29 is 24.5 Å². The molecule has 0 radical (unpaired) electrons. The SMILES string of the molecule is CCCCCCC/C=C\CCCCCCCC(=O)OCCCCCCCCCCCC/C=C\CCCCCCCCCC(=O)NC(CO)C(O)CCCCCCCCCCCC. The van der Waals surface area contributed by atoms with Gasteiger partial charge in [-0.3, -0.25) is 9.59 Å². The van der Waals surface area contributed by atoms with E-state index in [0.717, 1.165) is 44.9 Å². The number of amides is 1. The Morgan fingerprint density at radius 1 is 0.435 bits per heavy atom. The van der Waals surface area contributed by atoms with Crippen molar-refractivity contribution in [1.29, 1.82) is 0 Å². The highest BCUT2D eigenvalue weighted by molar-refractivity contribution is 5.76. The lowest BCUT2D eigenvalue weighted by Crippen LogP contribution is -2.45. The number of aliphatic hydroxyl groups excluding tert-OH is 2. The predicted octanol–water partition coefficient (Wildman–Crippen LogP) is 16.7. The molecule has 1 amide bonds. The summed E-state index contributed by atoms with van der Waals surface area (Å²) in [6, 6.07) is -0.545. The first-order valence-corrected chi connectivity index (χ1v) is 27.6. The highest BCUT2D eigenvalue weighted by atomic mass is 16.5. The third kappa shape index (κ3) is 47.8. The Hall–Kier alpha value is -1.66. The number of carbonyl (C=O) groups is 2. The lowest BCUT2D eigenvalue weighted by Gasteiger charge is -2.22. The first-order valence-electron chi connectivity index (χ1n) is 27.6. The molecule has 0 aromatic rings. The zero-order valence-electron chi connectivity index (χ0n) is 41.6. The summed E-state index contributed by atoms with van der Waals surface area (Å²) >= 11 is 0. The van der Waals surface area contributed by atoms with Crippen LogP contribution in [0.1, 0.15) is 296 Å². The van der Waals surface area contributed by atoms with E-state index in [1.165, 1.54) is 218 Å². The van der Waals surface area contributed by atoms with Crippen LogP contribution in [0.25, 0.3) is 0 Å². The molecule has 0 saturated heterocycles. The van der Waals surface area contributed by atoms with E-state index in [1.807, 2.05) is 0 Å². The topological polar surface area (TPSA) is 95.9 Å². The molecule has 0 fully saturated rings. The van der Waals surface area contributed by atoms with Gasteiger partial charge in [-0.1, -0.05) is 231 Å². The molecule has 0 saturated carbocycles. The van der Waals surface area contributed by atoms with Crippen LogP contribution in [0.2, 0.25) is 0 Å². The van der Waals surface area contributed by atoms with E-state index in [-0.39, 0.29) is 18.5 Å². The summed E-state index contributed by atoms with van der Waals surface area (Å²) in [5, 5.41) is 23.1. The number of allylic oxidation sites excluding steroid dienone is 4. The molecule has 0 aliphatic heterocycles. The normalized spacial score (nSPS) is 12.8. The maximum atomic E-state index is 12.4. The molecule has 0 aliphatic rings. The zero-order chi connectivity index (χ0) is 45.1. The van der Waals surface area contributed by atoms with Crippen LogP contribution in [-0.2, 0) is 14.3 Å². The Kier molecular flexibility index (Phi) is 50.6. The minimum absolute atomic E-state index is 0.000556. The van der Waals surface area contributed by atoms with Gasteiger partial charge in [-0.15, -0.1) is 0 Å². The summed E-state index contributed by atoms with van der Waals surface area (Å²) in [7, 11) is 0. The molecule has 2 atom stereocenters. The Morgan fingerprint density at radius 2 is 0.758 bits per heavy atom. The number of esters is 1. The summed E-state index contributed by atoms with van der Waals surface area (Å²) in [4.78, 5) is 24.4. The summed E-state index contributed by atoms with van der Waals surface area (Å²) in [6.45, 7) is 4.92. The highest BCUT2D eigenvalue weighted by Gasteiger charge is 2.20. The fraction of sp³-hybridized carbons (Fsp3) is 0.893. The molecule has 366 valence electrons. The van der Waals surface area contributed by atoms with E-state index >= 15 is 0 Å². The average Bonchev–Trinajstić information content (AvgIpc) is 3.27. The molecule has 62 heavy (non-hydrogen) atoms. The molecule has 2 unspecified atom stereocenters. The van der Waals surface area contributed by atoms with Gasteiger partial charge in [0.25, 0.3) is 0 Å². The second-order valence-electron chi connectivity index (χ2n) is 18.9. The molecule has 0 bridgehead atoms. The van der Waals surface area contributed by atoms with Crippen molar-refractivity contribution in [2.45, 2.75) is 309 Å². The van der Waals surface area contributed by atoms with Crippen molar-refractivity contribution in [3.05, 3.63) is 24.3 Å². The second-order valence-corrected chi connectivity index (χ2v) is 18.9. The molecule has 0 heterocycles. The van der Waals surface area contributed by atoms with Crippen molar-refractivity contribution in [3.63, 3.8) is 0 Å². The van der Waals surface area contributed by atoms with Gasteiger partial charge in [-0.2, -0.15) is 0 Å². The van der Waals surface area contributed by atoms with Gasteiger partial charge in [0.2, 0.25) is 5.91 Å². The van der Waals surface area contributed by atoms with Crippen LogP contribution in [0.4, 0.5) is 0 Å². The third-order valence-electron chi connectivity index (χ3n) is 12.7. The molecular formula is C56H107NO5. The van der Waals surface area contributed by atoms with Gasteiger partial charge < -0.3 is 20.3 Å². The van der Waals surface area contributed by atoms with Gasteiger partial charge in [-0.25, -0.2) is 0 Å². The number of hydrogen-bond donors (Lipinski definition) is 3. The van der Waals surface area contributed by atoms with Crippen LogP contribution in [0, 0.1) is 0 Å². The van der Waals surface area contributed by atoms with Gasteiger partial charge >= 0.3 is 5.97 Å². The van der Waals surface area contributed by atoms with E-state index in [1.54, 1.807) is 0 Å². The van der Waals surface area contributed by atoms with Gasteiger partial charge in [0.05, 0.1) is 25.4 Å². The first-order chi connectivity index (χ1) is 30.5. The number of hydrogen-bond acceptors (Lipinski definition) is 5. The molecule has 6 heteroatoms. The molecule has 0 spiro atoms.